The zero-order valence-electron chi connectivity index (χ0n) is 22.6. The van der Waals surface area contributed by atoms with E-state index in [9.17, 15) is 9.59 Å². The third-order valence-corrected chi connectivity index (χ3v) is 8.52. The number of anilines is 3. The van der Waals surface area contributed by atoms with Crippen molar-refractivity contribution in [2.75, 3.05) is 48.0 Å². The second-order valence-corrected chi connectivity index (χ2v) is 11.0. The van der Waals surface area contributed by atoms with Gasteiger partial charge in [-0.1, -0.05) is 23.8 Å². The summed E-state index contributed by atoms with van der Waals surface area (Å²) >= 11 is 0. The number of benzene rings is 2. The molecule has 3 aliphatic rings. The maximum absolute atomic E-state index is 13.6. The lowest BCUT2D eigenvalue weighted by molar-refractivity contribution is -0.000509. The van der Waals surface area contributed by atoms with Crippen molar-refractivity contribution in [2.45, 2.75) is 33.1 Å². The molecule has 7 nitrogen and oxygen atoms in total. The summed E-state index contributed by atoms with van der Waals surface area (Å²) in [6, 6.07) is 18.8. The zero-order chi connectivity index (χ0) is 27.0. The minimum atomic E-state index is -0.205. The largest absolute Gasteiger partial charge is 0.381 e. The molecule has 39 heavy (non-hydrogen) atoms. The predicted octanol–water partition coefficient (Wildman–Crippen LogP) is 5.79. The Bertz CT molecular complexity index is 1430. The molecule has 3 aliphatic heterocycles. The molecule has 0 bridgehead atoms. The van der Waals surface area contributed by atoms with Gasteiger partial charge in [-0.3, -0.25) is 9.59 Å². The molecule has 0 radical (unpaired) electrons. The number of fused-ring (bicyclic) bond motifs is 1. The highest BCUT2D eigenvalue weighted by atomic mass is 16.5. The van der Waals surface area contributed by atoms with Gasteiger partial charge in [0, 0.05) is 61.3 Å². The molecule has 6 rings (SSSR count). The van der Waals surface area contributed by atoms with Crippen LogP contribution in [0.3, 0.4) is 0 Å². The van der Waals surface area contributed by atoms with Gasteiger partial charge in [0.05, 0.1) is 11.3 Å². The first-order valence-electron chi connectivity index (χ1n) is 13.7. The van der Waals surface area contributed by atoms with E-state index in [0.717, 1.165) is 62.6 Å². The van der Waals surface area contributed by atoms with Crippen molar-refractivity contribution in [3.63, 3.8) is 0 Å². The van der Waals surface area contributed by atoms with Crippen molar-refractivity contribution in [3.05, 3.63) is 89.1 Å². The topological polar surface area (TPSA) is 74.8 Å². The summed E-state index contributed by atoms with van der Waals surface area (Å²) < 4.78 is 5.53. The molecule has 4 heterocycles. The first kappa shape index (κ1) is 25.3. The lowest BCUT2D eigenvalue weighted by Gasteiger charge is -2.53. The molecule has 200 valence electrons. The SMILES string of the molecule is CC1=C(C)c2ccccc2N(C(=O)c2ccc(NC(=O)c3cccnc3N3CC4(CCOCC4)C3)cc2)CC1. The number of nitrogens with one attached hydrogen (secondary N) is 1. The maximum atomic E-state index is 13.6. The van der Waals surface area contributed by atoms with Gasteiger partial charge < -0.3 is 19.9 Å². The molecular weight excluding hydrogens is 488 g/mol. The summed E-state index contributed by atoms with van der Waals surface area (Å²) in [4.78, 5) is 35.4. The van der Waals surface area contributed by atoms with Gasteiger partial charge in [0.15, 0.2) is 0 Å². The van der Waals surface area contributed by atoms with E-state index in [4.69, 9.17) is 4.74 Å². The summed E-state index contributed by atoms with van der Waals surface area (Å²) in [5.41, 5.74) is 6.63. The molecule has 7 heteroatoms. The van der Waals surface area contributed by atoms with Crippen LogP contribution in [0.15, 0.2) is 72.4 Å². The zero-order valence-corrected chi connectivity index (χ0v) is 22.6. The van der Waals surface area contributed by atoms with Gasteiger partial charge in [-0.2, -0.15) is 0 Å². The van der Waals surface area contributed by atoms with Crippen molar-refractivity contribution >= 4 is 34.6 Å². The molecule has 3 aromatic rings. The fourth-order valence-electron chi connectivity index (χ4n) is 5.96. The number of rotatable bonds is 4. The predicted molar refractivity (Wildman–Crippen MR) is 154 cm³/mol. The average molecular weight is 523 g/mol. The summed E-state index contributed by atoms with van der Waals surface area (Å²) in [6.45, 7) is 8.31. The number of aromatic nitrogens is 1. The van der Waals surface area contributed by atoms with E-state index >= 15 is 0 Å². The van der Waals surface area contributed by atoms with E-state index in [1.807, 2.05) is 29.2 Å². The van der Waals surface area contributed by atoms with Gasteiger partial charge in [0.25, 0.3) is 11.8 Å². The highest BCUT2D eigenvalue weighted by molar-refractivity contribution is 6.09. The quantitative estimate of drug-likeness (QED) is 0.469. The van der Waals surface area contributed by atoms with Crippen LogP contribution in [-0.2, 0) is 4.74 Å². The van der Waals surface area contributed by atoms with Crippen LogP contribution >= 0.6 is 0 Å². The fourth-order valence-corrected chi connectivity index (χ4v) is 5.96. The van der Waals surface area contributed by atoms with E-state index in [2.05, 4.69) is 35.1 Å². The Kier molecular flexibility index (Phi) is 6.69. The highest BCUT2D eigenvalue weighted by Crippen LogP contribution is 2.42. The van der Waals surface area contributed by atoms with Gasteiger partial charge in [-0.25, -0.2) is 4.98 Å². The molecule has 1 aromatic heterocycles. The first-order valence-corrected chi connectivity index (χ1v) is 13.7. The third-order valence-electron chi connectivity index (χ3n) is 8.52. The van der Waals surface area contributed by atoms with Crippen LogP contribution < -0.4 is 15.1 Å². The molecule has 0 aliphatic carbocycles. The smallest absolute Gasteiger partial charge is 0.259 e. The monoisotopic (exact) mass is 522 g/mol. The van der Waals surface area contributed by atoms with Crippen LogP contribution in [0, 0.1) is 5.41 Å². The number of ether oxygens (including phenoxy) is 1. The van der Waals surface area contributed by atoms with E-state index < -0.39 is 0 Å². The van der Waals surface area contributed by atoms with E-state index in [1.165, 1.54) is 11.1 Å². The summed E-state index contributed by atoms with van der Waals surface area (Å²) in [5.74, 6) is 0.471. The molecule has 2 saturated heterocycles. The van der Waals surface area contributed by atoms with Gasteiger partial charge in [0.2, 0.25) is 0 Å². The van der Waals surface area contributed by atoms with Gasteiger partial charge >= 0.3 is 0 Å². The number of hydrogen-bond acceptors (Lipinski definition) is 5. The lowest BCUT2D eigenvalue weighted by atomic mass is 9.73. The lowest BCUT2D eigenvalue weighted by Crippen LogP contribution is -2.59. The number of nitrogens with zero attached hydrogens (tertiary/aromatic N) is 3. The Morgan fingerprint density at radius 1 is 0.949 bits per heavy atom. The molecule has 0 saturated carbocycles. The maximum Gasteiger partial charge on any atom is 0.259 e. The second kappa shape index (κ2) is 10.3. The van der Waals surface area contributed by atoms with Crippen molar-refractivity contribution < 1.29 is 14.3 Å². The van der Waals surface area contributed by atoms with Crippen LogP contribution in [-0.4, -0.2) is 49.6 Å². The number of pyridine rings is 1. The second-order valence-electron chi connectivity index (χ2n) is 11.0. The first-order chi connectivity index (χ1) is 18.9. The molecular formula is C32H34N4O3. The van der Waals surface area contributed by atoms with Gasteiger partial charge in [0.1, 0.15) is 5.82 Å². The Hall–Kier alpha value is -3.97. The number of carbonyl (C=O) groups excluding carboxylic acids is 2. The fraction of sp³-hybridized carbons (Fsp3) is 0.344. The molecule has 1 N–H and O–H groups in total. The Morgan fingerprint density at radius 2 is 1.69 bits per heavy atom. The molecule has 1 spiro atoms. The van der Waals surface area contributed by atoms with Crippen LogP contribution in [0.4, 0.5) is 17.2 Å². The Morgan fingerprint density at radius 3 is 2.46 bits per heavy atom. The molecule has 2 amide bonds. The van der Waals surface area contributed by atoms with Crippen LogP contribution in [0.5, 0.6) is 0 Å². The van der Waals surface area contributed by atoms with Crippen LogP contribution in [0.1, 0.15) is 59.4 Å². The van der Waals surface area contributed by atoms with E-state index in [1.54, 1.807) is 36.5 Å². The number of allylic oxidation sites excluding steroid dienone is 1. The summed E-state index contributed by atoms with van der Waals surface area (Å²) in [7, 11) is 0. The van der Waals surface area contributed by atoms with Crippen molar-refractivity contribution in [1.29, 1.82) is 0 Å². The Labute approximate surface area is 229 Å². The van der Waals surface area contributed by atoms with Crippen molar-refractivity contribution in [1.82, 2.24) is 4.98 Å². The number of carbonyl (C=O) groups is 2. The Balaban J connectivity index is 1.15. The average Bonchev–Trinajstić information content (AvgIpc) is 3.08. The molecule has 0 unspecified atom stereocenters. The summed E-state index contributed by atoms with van der Waals surface area (Å²) in [5, 5.41) is 3.00. The van der Waals surface area contributed by atoms with Crippen molar-refractivity contribution in [3.8, 4) is 0 Å². The summed E-state index contributed by atoms with van der Waals surface area (Å²) in [6.07, 6.45) is 4.68. The number of amides is 2. The van der Waals surface area contributed by atoms with Gasteiger partial charge in [-0.05, 0) is 81.1 Å². The van der Waals surface area contributed by atoms with Crippen LogP contribution in [0.25, 0.3) is 5.57 Å². The van der Waals surface area contributed by atoms with Crippen molar-refractivity contribution in [2.24, 2.45) is 5.41 Å². The van der Waals surface area contributed by atoms with E-state index in [-0.39, 0.29) is 17.2 Å². The molecule has 2 fully saturated rings. The van der Waals surface area contributed by atoms with E-state index in [0.29, 0.717) is 23.4 Å². The number of hydrogen-bond donors (Lipinski definition) is 1. The van der Waals surface area contributed by atoms with Crippen LogP contribution in [0.2, 0.25) is 0 Å². The minimum absolute atomic E-state index is 0.0443. The standard InChI is InChI=1S/C32H34N4O3/c1-22-13-17-36(28-8-4-3-6-26(28)23(22)2)31(38)24-9-11-25(12-10-24)34-30(37)27-7-5-16-33-29(27)35-20-32(21-35)14-18-39-19-15-32/h3-12,16H,13-15,17-21H2,1-2H3,(H,34,37). The molecule has 2 aromatic carbocycles. The third kappa shape index (κ3) is 4.83. The highest BCUT2D eigenvalue weighted by Gasteiger charge is 2.45. The normalized spacial score (nSPS) is 18.3. The minimum Gasteiger partial charge on any atom is -0.381 e. The van der Waals surface area contributed by atoms with Gasteiger partial charge in [-0.15, -0.1) is 0 Å². The number of para-hydroxylation sites is 1. The molecule has 0 atom stereocenters.